The van der Waals surface area contributed by atoms with Gasteiger partial charge in [0, 0.05) is 0 Å². The van der Waals surface area contributed by atoms with Crippen molar-refractivity contribution in [2.45, 2.75) is 0 Å². The third kappa shape index (κ3) is 159. The Morgan fingerprint density at radius 1 is 0.857 bits per heavy atom. The fourth-order valence-corrected chi connectivity index (χ4v) is 0. The summed E-state index contributed by atoms with van der Waals surface area (Å²) in [5.41, 5.74) is 0. The fourth-order valence-electron chi connectivity index (χ4n) is 0. The topological polar surface area (TPSA) is 92.2 Å². The van der Waals surface area contributed by atoms with Gasteiger partial charge in [0.1, 0.15) is 0 Å². The summed E-state index contributed by atoms with van der Waals surface area (Å²) in [5, 5.41) is 0. The molecule has 0 rings (SSSR count). The number of rotatable bonds is 0. The van der Waals surface area contributed by atoms with Crippen molar-refractivity contribution in [1.82, 2.24) is 0 Å². The van der Waals surface area contributed by atoms with Crippen LogP contribution in [0.5, 0.6) is 0 Å². The summed E-state index contributed by atoms with van der Waals surface area (Å²) >= 11 is 0. The number of hydrogen-bond donors (Lipinski definition) is 0. The van der Waals surface area contributed by atoms with Crippen molar-refractivity contribution in [3.05, 3.63) is 0 Å². The van der Waals surface area contributed by atoms with Crippen LogP contribution in [0, 0.1) is 0 Å². The second-order valence-corrected chi connectivity index (χ2v) is 1.50. The zero-order valence-electron chi connectivity index (χ0n) is 2.83. The molecular formula is MnNiO4Si. The van der Waals surface area contributed by atoms with E-state index in [4.69, 9.17) is 19.2 Å². The smallest absolute Gasteiger partial charge is 0.894 e. The summed E-state index contributed by atoms with van der Waals surface area (Å²) in [6.07, 6.45) is 0. The maximum Gasteiger partial charge on any atom is 2.00 e. The molecule has 7 heavy (non-hydrogen) atoms. The van der Waals surface area contributed by atoms with Crippen LogP contribution in [0.15, 0.2) is 0 Å². The predicted octanol–water partition coefficient (Wildman–Crippen LogP) is -5.14. The standard InChI is InChI=1S/Mn.Ni.O4Si/c;;1-5(2,3)4/q2*+2;-4. The Bertz CT molecular complexity index is 27.2. The molecule has 0 aliphatic carbocycles. The van der Waals surface area contributed by atoms with E-state index >= 15 is 0 Å². The number of hydrogen-bond acceptors (Lipinski definition) is 4. The van der Waals surface area contributed by atoms with E-state index in [0.717, 1.165) is 0 Å². The van der Waals surface area contributed by atoms with Gasteiger partial charge in [-0.15, -0.1) is 0 Å². The van der Waals surface area contributed by atoms with E-state index in [-0.39, 0.29) is 33.6 Å². The van der Waals surface area contributed by atoms with E-state index in [0.29, 0.717) is 0 Å². The van der Waals surface area contributed by atoms with Crippen LogP contribution in [0.25, 0.3) is 0 Å². The van der Waals surface area contributed by atoms with E-state index in [2.05, 4.69) is 0 Å². The van der Waals surface area contributed by atoms with Crippen molar-refractivity contribution in [1.29, 1.82) is 0 Å². The van der Waals surface area contributed by atoms with Crippen molar-refractivity contribution >= 4 is 9.05 Å². The SMILES string of the molecule is [Mn+2].[Ni+2].[O-][Si]([O-])([O-])[O-]. The average Bonchev–Trinajstić information content (AvgIpc) is 0.722. The summed E-state index contributed by atoms with van der Waals surface area (Å²) in [6.45, 7) is 0. The molecular weight excluding hydrogens is 206 g/mol. The molecule has 0 saturated carbocycles. The van der Waals surface area contributed by atoms with Crippen molar-refractivity contribution in [2.24, 2.45) is 0 Å². The molecule has 0 saturated heterocycles. The van der Waals surface area contributed by atoms with Crippen LogP contribution in [-0.4, -0.2) is 9.05 Å². The van der Waals surface area contributed by atoms with Crippen molar-refractivity contribution in [3.63, 3.8) is 0 Å². The summed E-state index contributed by atoms with van der Waals surface area (Å²) in [5.74, 6) is 0. The van der Waals surface area contributed by atoms with Gasteiger partial charge in [-0.3, -0.25) is 0 Å². The molecule has 0 aromatic carbocycles. The van der Waals surface area contributed by atoms with E-state index in [1.807, 2.05) is 0 Å². The second-order valence-electron chi connectivity index (χ2n) is 0.500. The van der Waals surface area contributed by atoms with Crippen LogP contribution in [-0.2, 0) is 33.6 Å². The summed E-state index contributed by atoms with van der Waals surface area (Å²) in [6, 6.07) is 0. The van der Waals surface area contributed by atoms with Gasteiger partial charge in [0.05, 0.1) is 0 Å². The molecule has 7 heteroatoms. The Hall–Kier alpha value is 1.07. The van der Waals surface area contributed by atoms with Crippen molar-refractivity contribution in [3.8, 4) is 0 Å². The van der Waals surface area contributed by atoms with Gasteiger partial charge in [-0.05, 0) is 0 Å². The van der Waals surface area contributed by atoms with Gasteiger partial charge in [0.25, 0.3) is 0 Å². The average molecular weight is 206 g/mol. The van der Waals surface area contributed by atoms with Gasteiger partial charge >= 0.3 is 33.6 Å². The first kappa shape index (κ1) is 15.7. The third-order valence-electron chi connectivity index (χ3n) is 0. The molecule has 0 heterocycles. The molecule has 0 aliphatic rings. The Morgan fingerprint density at radius 3 is 0.857 bits per heavy atom. The first-order valence-corrected chi connectivity index (χ1v) is 2.45. The van der Waals surface area contributed by atoms with E-state index in [1.54, 1.807) is 0 Å². The van der Waals surface area contributed by atoms with Gasteiger partial charge in [-0.2, -0.15) is 0 Å². The quantitative estimate of drug-likeness (QED) is 0.370. The largest absolute Gasteiger partial charge is 2.00 e. The maximum atomic E-state index is 8.58. The first-order valence-electron chi connectivity index (χ1n) is 0.816. The molecule has 0 unspecified atom stereocenters. The van der Waals surface area contributed by atoms with Gasteiger partial charge in [-0.1, -0.05) is 0 Å². The van der Waals surface area contributed by atoms with Gasteiger partial charge in [0.2, 0.25) is 0 Å². The van der Waals surface area contributed by atoms with Crippen LogP contribution in [0.2, 0.25) is 0 Å². The van der Waals surface area contributed by atoms with Crippen LogP contribution >= 0.6 is 0 Å². The van der Waals surface area contributed by atoms with Gasteiger partial charge in [-0.25, -0.2) is 0 Å². The third-order valence-corrected chi connectivity index (χ3v) is 0. The summed E-state index contributed by atoms with van der Waals surface area (Å²) < 4.78 is 0. The monoisotopic (exact) mass is 205 g/mol. The van der Waals surface area contributed by atoms with Crippen LogP contribution in [0.1, 0.15) is 0 Å². The Labute approximate surface area is 62.1 Å². The molecule has 0 N–H and O–H groups in total. The van der Waals surface area contributed by atoms with E-state index in [1.165, 1.54) is 0 Å². The maximum absolute atomic E-state index is 8.58. The molecule has 0 atom stereocenters. The first-order chi connectivity index (χ1) is 2.00. The molecule has 0 spiro atoms. The predicted molar refractivity (Wildman–Crippen MR) is 5.75 cm³/mol. The molecule has 45 valence electrons. The Morgan fingerprint density at radius 2 is 0.857 bits per heavy atom. The van der Waals surface area contributed by atoms with Gasteiger partial charge in [0.15, 0.2) is 0 Å². The molecule has 0 amide bonds. The molecule has 0 fully saturated rings. The zero-order chi connectivity index (χ0) is 4.50. The van der Waals surface area contributed by atoms with Crippen LogP contribution < -0.4 is 19.2 Å². The zero-order valence-corrected chi connectivity index (χ0v) is 6.00. The minimum absolute atomic E-state index is 0. The summed E-state index contributed by atoms with van der Waals surface area (Å²) in [7, 11) is -5.61. The summed E-state index contributed by atoms with van der Waals surface area (Å²) in [4.78, 5) is 34.3. The molecule has 0 aromatic rings. The van der Waals surface area contributed by atoms with Crippen LogP contribution in [0.3, 0.4) is 0 Å². The minimum Gasteiger partial charge on any atom is -0.894 e. The Kier molecular flexibility index (Phi) is 11.7. The fraction of sp³-hybridized carbons (Fsp3) is 0. The van der Waals surface area contributed by atoms with Gasteiger partial charge < -0.3 is 28.2 Å². The Balaban J connectivity index is -0.0000000800. The van der Waals surface area contributed by atoms with E-state index in [9.17, 15) is 0 Å². The van der Waals surface area contributed by atoms with Crippen molar-refractivity contribution < 1.29 is 52.7 Å². The van der Waals surface area contributed by atoms with Crippen LogP contribution in [0.4, 0.5) is 0 Å². The molecule has 0 aromatic heterocycles. The normalized spacial score (nSPS) is 8.57. The van der Waals surface area contributed by atoms with E-state index < -0.39 is 9.05 Å². The molecule has 1 radical (unpaired) electrons. The molecule has 0 bridgehead atoms. The minimum atomic E-state index is -5.61. The molecule has 0 aliphatic heterocycles. The van der Waals surface area contributed by atoms with Crippen molar-refractivity contribution in [2.75, 3.05) is 0 Å². The second kappa shape index (κ2) is 5.21. The molecule has 4 nitrogen and oxygen atoms in total.